The molecule has 8 nitrogen and oxygen atoms in total. The van der Waals surface area contributed by atoms with Crippen LogP contribution in [0.5, 0.6) is 0 Å². The summed E-state index contributed by atoms with van der Waals surface area (Å²) in [6, 6.07) is 5.50. The fourth-order valence-corrected chi connectivity index (χ4v) is 1.97. The fourth-order valence-electron chi connectivity index (χ4n) is 1.97. The minimum Gasteiger partial charge on any atom is -0.331 e. The van der Waals surface area contributed by atoms with Crippen LogP contribution in [-0.4, -0.2) is 45.9 Å². The molecule has 0 atom stereocenters. The Kier molecular flexibility index (Phi) is 4.95. The number of aryl methyl sites for hydroxylation is 2. The Morgan fingerprint density at radius 3 is 2.43 bits per heavy atom. The topological polar surface area (TPSA) is 92.2 Å². The molecule has 0 saturated heterocycles. The predicted octanol–water partition coefficient (Wildman–Crippen LogP) is 1.63. The first-order valence-electron chi connectivity index (χ1n) is 7.11. The van der Waals surface area contributed by atoms with E-state index < -0.39 is 0 Å². The van der Waals surface area contributed by atoms with Gasteiger partial charge in [-0.3, -0.25) is 10.1 Å². The number of amides is 3. The lowest BCUT2D eigenvalue weighted by Gasteiger charge is -2.11. The van der Waals surface area contributed by atoms with Crippen molar-refractivity contribution in [3.05, 3.63) is 35.5 Å². The molecule has 23 heavy (non-hydrogen) atoms. The van der Waals surface area contributed by atoms with Crippen LogP contribution in [0.25, 0.3) is 0 Å². The van der Waals surface area contributed by atoms with Crippen LogP contribution in [0.15, 0.2) is 24.4 Å². The number of para-hydroxylation sites is 1. The smallest absolute Gasteiger partial charge is 0.322 e. The summed E-state index contributed by atoms with van der Waals surface area (Å²) in [6.07, 6.45) is 1.40. The number of rotatable bonds is 4. The highest BCUT2D eigenvalue weighted by molar-refractivity contribution is 5.92. The van der Waals surface area contributed by atoms with E-state index in [2.05, 4.69) is 20.8 Å². The van der Waals surface area contributed by atoms with E-state index in [9.17, 15) is 9.59 Å². The van der Waals surface area contributed by atoms with Crippen LogP contribution in [0, 0.1) is 13.8 Å². The highest BCUT2D eigenvalue weighted by atomic mass is 16.2. The Labute approximate surface area is 134 Å². The van der Waals surface area contributed by atoms with Crippen LogP contribution in [-0.2, 0) is 11.3 Å². The van der Waals surface area contributed by atoms with Crippen molar-refractivity contribution in [3.63, 3.8) is 0 Å². The number of carbonyl (C=O) groups is 2. The van der Waals surface area contributed by atoms with Gasteiger partial charge in [-0.2, -0.15) is 9.90 Å². The van der Waals surface area contributed by atoms with Gasteiger partial charge in [0.2, 0.25) is 5.91 Å². The Morgan fingerprint density at radius 2 is 1.83 bits per heavy atom. The Morgan fingerprint density at radius 1 is 1.17 bits per heavy atom. The van der Waals surface area contributed by atoms with Crippen LogP contribution in [0.4, 0.5) is 16.3 Å². The number of hydrogen-bond donors (Lipinski definition) is 2. The van der Waals surface area contributed by atoms with Gasteiger partial charge in [-0.05, 0) is 25.0 Å². The zero-order valence-electron chi connectivity index (χ0n) is 13.6. The van der Waals surface area contributed by atoms with Crippen LogP contribution >= 0.6 is 0 Å². The fraction of sp³-hybridized carbons (Fsp3) is 0.333. The Hall–Kier alpha value is -2.90. The summed E-state index contributed by atoms with van der Waals surface area (Å²) >= 11 is 0. The van der Waals surface area contributed by atoms with Gasteiger partial charge in [0.05, 0.1) is 6.20 Å². The second-order valence-electron chi connectivity index (χ2n) is 5.40. The molecule has 8 heteroatoms. The van der Waals surface area contributed by atoms with E-state index in [1.165, 1.54) is 15.9 Å². The Bertz CT molecular complexity index is 702. The summed E-state index contributed by atoms with van der Waals surface area (Å²) in [6.45, 7) is 3.83. The lowest BCUT2D eigenvalue weighted by atomic mass is 10.1. The molecule has 0 aliphatic rings. The van der Waals surface area contributed by atoms with Gasteiger partial charge in [0, 0.05) is 19.8 Å². The number of hydrogen-bond acceptors (Lipinski definition) is 4. The van der Waals surface area contributed by atoms with Crippen molar-refractivity contribution in [2.24, 2.45) is 0 Å². The van der Waals surface area contributed by atoms with Crippen LogP contribution < -0.4 is 10.6 Å². The molecule has 0 saturated carbocycles. The predicted molar refractivity (Wildman–Crippen MR) is 87.3 cm³/mol. The second kappa shape index (κ2) is 6.91. The summed E-state index contributed by atoms with van der Waals surface area (Å²) in [5.41, 5.74) is 2.78. The molecule has 122 valence electrons. The van der Waals surface area contributed by atoms with Crippen molar-refractivity contribution < 1.29 is 9.59 Å². The van der Waals surface area contributed by atoms with Crippen molar-refractivity contribution >= 4 is 23.4 Å². The van der Waals surface area contributed by atoms with Crippen LogP contribution in [0.1, 0.15) is 11.1 Å². The maximum atomic E-state index is 12.1. The summed E-state index contributed by atoms with van der Waals surface area (Å²) in [5.74, 6) is 0.0621. The molecule has 2 rings (SSSR count). The largest absolute Gasteiger partial charge is 0.331 e. The minimum absolute atomic E-state index is 0.0361. The number of aromatic nitrogens is 3. The first kappa shape index (κ1) is 16.5. The van der Waals surface area contributed by atoms with Gasteiger partial charge in [-0.15, -0.1) is 5.10 Å². The standard InChI is InChI=1S/C15H20N6O2/c1-10-6-5-7-11(2)14(10)18-13(22)9-21-16-8-12(19-21)17-15(23)20(3)4/h5-8H,9H2,1-4H3,(H,18,22)(H,17,19,23). The number of nitrogens with one attached hydrogen (secondary N) is 2. The van der Waals surface area contributed by atoms with E-state index in [-0.39, 0.29) is 18.5 Å². The highest BCUT2D eigenvalue weighted by Gasteiger charge is 2.11. The lowest BCUT2D eigenvalue weighted by molar-refractivity contribution is -0.117. The molecule has 0 radical (unpaired) electrons. The molecule has 0 unspecified atom stereocenters. The van der Waals surface area contributed by atoms with Gasteiger partial charge in [-0.1, -0.05) is 18.2 Å². The quantitative estimate of drug-likeness (QED) is 0.896. The highest BCUT2D eigenvalue weighted by Crippen LogP contribution is 2.19. The summed E-state index contributed by atoms with van der Waals surface area (Å²) in [5, 5.41) is 13.4. The average Bonchev–Trinajstić information content (AvgIpc) is 2.90. The number of anilines is 2. The van der Waals surface area contributed by atoms with Gasteiger partial charge < -0.3 is 10.2 Å². The van der Waals surface area contributed by atoms with E-state index in [0.29, 0.717) is 5.82 Å². The molecule has 0 fully saturated rings. The molecule has 1 aromatic carbocycles. The van der Waals surface area contributed by atoms with Crippen molar-refractivity contribution in [1.82, 2.24) is 19.9 Å². The molecule has 2 aromatic rings. The normalized spacial score (nSPS) is 10.3. The molecular formula is C15H20N6O2. The van der Waals surface area contributed by atoms with Crippen molar-refractivity contribution in [3.8, 4) is 0 Å². The van der Waals surface area contributed by atoms with E-state index in [1.807, 2.05) is 32.0 Å². The van der Waals surface area contributed by atoms with E-state index in [1.54, 1.807) is 14.1 Å². The zero-order chi connectivity index (χ0) is 17.0. The molecule has 2 N–H and O–H groups in total. The first-order valence-corrected chi connectivity index (χ1v) is 7.11. The summed E-state index contributed by atoms with van der Waals surface area (Å²) in [7, 11) is 3.25. The number of urea groups is 1. The van der Waals surface area contributed by atoms with Gasteiger partial charge in [0.1, 0.15) is 6.54 Å². The SMILES string of the molecule is Cc1cccc(C)c1NC(=O)Cn1ncc(NC(=O)N(C)C)n1. The van der Waals surface area contributed by atoms with Crippen molar-refractivity contribution in [2.45, 2.75) is 20.4 Å². The molecule has 3 amide bonds. The van der Waals surface area contributed by atoms with E-state index in [4.69, 9.17) is 0 Å². The maximum absolute atomic E-state index is 12.1. The molecule has 1 aromatic heterocycles. The Balaban J connectivity index is 1.98. The first-order chi connectivity index (χ1) is 10.9. The number of nitrogens with zero attached hydrogens (tertiary/aromatic N) is 4. The third kappa shape index (κ3) is 4.29. The van der Waals surface area contributed by atoms with Gasteiger partial charge in [0.15, 0.2) is 5.82 Å². The third-order valence-electron chi connectivity index (χ3n) is 3.21. The maximum Gasteiger partial charge on any atom is 0.322 e. The van der Waals surface area contributed by atoms with Crippen LogP contribution in [0.3, 0.4) is 0 Å². The monoisotopic (exact) mass is 316 g/mol. The lowest BCUT2D eigenvalue weighted by Crippen LogP contribution is -2.27. The molecule has 0 bridgehead atoms. The number of benzene rings is 1. The molecule has 0 spiro atoms. The zero-order valence-corrected chi connectivity index (χ0v) is 13.6. The van der Waals surface area contributed by atoms with Crippen molar-refractivity contribution in [1.29, 1.82) is 0 Å². The molecule has 0 aliphatic carbocycles. The van der Waals surface area contributed by atoms with Gasteiger partial charge in [-0.25, -0.2) is 4.79 Å². The van der Waals surface area contributed by atoms with Gasteiger partial charge >= 0.3 is 6.03 Å². The minimum atomic E-state index is -0.308. The number of carbonyl (C=O) groups excluding carboxylic acids is 2. The summed E-state index contributed by atoms with van der Waals surface area (Å²) in [4.78, 5) is 26.2. The van der Waals surface area contributed by atoms with Gasteiger partial charge in [0.25, 0.3) is 0 Å². The van der Waals surface area contributed by atoms with E-state index >= 15 is 0 Å². The summed E-state index contributed by atoms with van der Waals surface area (Å²) < 4.78 is 0. The second-order valence-corrected chi connectivity index (χ2v) is 5.40. The van der Waals surface area contributed by atoms with E-state index in [0.717, 1.165) is 16.8 Å². The molecular weight excluding hydrogens is 296 g/mol. The third-order valence-corrected chi connectivity index (χ3v) is 3.21. The molecule has 1 heterocycles. The molecule has 0 aliphatic heterocycles. The van der Waals surface area contributed by atoms with Crippen molar-refractivity contribution in [2.75, 3.05) is 24.7 Å². The average molecular weight is 316 g/mol. The van der Waals surface area contributed by atoms with Crippen LogP contribution in [0.2, 0.25) is 0 Å².